The Morgan fingerprint density at radius 3 is 2.61 bits per heavy atom. The molecule has 3 aromatic rings. The molecule has 0 bridgehead atoms. The molecule has 2 aromatic heterocycles. The quantitative estimate of drug-likeness (QED) is 0.108. The van der Waals surface area contributed by atoms with Crippen molar-refractivity contribution in [1.29, 1.82) is 0 Å². The molecule has 0 radical (unpaired) electrons. The number of hydrogen-bond donors (Lipinski definition) is 3. The number of nitrogens with zero attached hydrogens (tertiary/aromatic N) is 6. The summed E-state index contributed by atoms with van der Waals surface area (Å²) in [4.78, 5) is 49.0. The molecule has 2 saturated heterocycles. The van der Waals surface area contributed by atoms with Gasteiger partial charge in [-0.3, -0.25) is 9.59 Å². The highest BCUT2D eigenvalue weighted by atomic mass is 16.5. The van der Waals surface area contributed by atoms with E-state index in [-0.39, 0.29) is 17.7 Å². The van der Waals surface area contributed by atoms with Crippen molar-refractivity contribution < 1.29 is 19.1 Å². The van der Waals surface area contributed by atoms with E-state index in [1.807, 2.05) is 22.6 Å². The fourth-order valence-electron chi connectivity index (χ4n) is 8.31. The van der Waals surface area contributed by atoms with Gasteiger partial charge in [-0.25, -0.2) is 4.68 Å². The summed E-state index contributed by atoms with van der Waals surface area (Å²) in [5.41, 5.74) is 12.0. The summed E-state index contributed by atoms with van der Waals surface area (Å²) in [6, 6.07) is 12.8. The number of ether oxygens (including phenoxy) is 1. The minimum atomic E-state index is 0.0161. The second-order valence-corrected chi connectivity index (χ2v) is 15.9. The van der Waals surface area contributed by atoms with Crippen LogP contribution >= 0.6 is 0 Å². The Bertz CT molecular complexity index is 1750. The van der Waals surface area contributed by atoms with Crippen molar-refractivity contribution >= 4 is 29.6 Å². The van der Waals surface area contributed by atoms with Gasteiger partial charge in [-0.1, -0.05) is 12.8 Å². The average Bonchev–Trinajstić information content (AvgIpc) is 3.82. The third kappa shape index (κ3) is 11.5. The van der Waals surface area contributed by atoms with Crippen LogP contribution in [0, 0.1) is 19.8 Å². The van der Waals surface area contributed by atoms with Crippen LogP contribution in [0.4, 0.5) is 11.5 Å². The Hall–Kier alpha value is -4.49. The van der Waals surface area contributed by atoms with E-state index in [9.17, 15) is 14.4 Å². The normalized spacial score (nSPS) is 17.7. The predicted octanol–water partition coefficient (Wildman–Crippen LogP) is 4.77. The number of carbonyl (C=O) groups is 3. The fourth-order valence-corrected chi connectivity index (χ4v) is 8.31. The molecule has 5 heterocycles. The lowest BCUT2D eigenvalue weighted by Gasteiger charge is -2.37. The van der Waals surface area contributed by atoms with Crippen molar-refractivity contribution in [2.24, 2.45) is 11.7 Å². The second-order valence-electron chi connectivity index (χ2n) is 15.9. The Morgan fingerprint density at radius 2 is 1.82 bits per heavy atom. The van der Waals surface area contributed by atoms with Gasteiger partial charge in [-0.2, -0.15) is 10.1 Å². The zero-order valence-electron chi connectivity index (χ0n) is 33.6. The molecular formula is C43H63N9O4. The van der Waals surface area contributed by atoms with Crippen molar-refractivity contribution in [3.8, 4) is 11.6 Å². The number of pyridine rings is 1. The van der Waals surface area contributed by atoms with Crippen LogP contribution in [-0.4, -0.2) is 115 Å². The van der Waals surface area contributed by atoms with E-state index < -0.39 is 0 Å². The maximum absolute atomic E-state index is 13.1. The molecule has 0 saturated carbocycles. The van der Waals surface area contributed by atoms with Gasteiger partial charge in [0, 0.05) is 101 Å². The summed E-state index contributed by atoms with van der Waals surface area (Å²) in [6.07, 6.45) is 10.1. The average molecular weight is 770 g/mol. The Balaban J connectivity index is 1.04. The summed E-state index contributed by atoms with van der Waals surface area (Å²) in [6.45, 7) is 12.4. The second kappa shape index (κ2) is 20.6. The van der Waals surface area contributed by atoms with Gasteiger partial charge in [0.15, 0.2) is 0 Å². The first kappa shape index (κ1) is 41.2. The molecule has 304 valence electrons. The van der Waals surface area contributed by atoms with E-state index in [0.717, 1.165) is 112 Å². The van der Waals surface area contributed by atoms with Crippen LogP contribution in [0.2, 0.25) is 0 Å². The number of aromatic nitrogens is 3. The maximum Gasteiger partial charge on any atom is 0.222 e. The number of fused-ring (bicyclic) bond motifs is 1. The highest BCUT2D eigenvalue weighted by molar-refractivity contribution is 5.79. The van der Waals surface area contributed by atoms with E-state index in [1.165, 1.54) is 5.56 Å². The van der Waals surface area contributed by atoms with Gasteiger partial charge in [0.1, 0.15) is 12.1 Å². The number of amides is 2. The monoisotopic (exact) mass is 770 g/mol. The number of nitrogens with one attached hydrogen (secondary N) is 2. The van der Waals surface area contributed by atoms with Crippen LogP contribution < -0.4 is 26.0 Å². The number of benzene rings is 1. The third-order valence-electron chi connectivity index (χ3n) is 11.5. The van der Waals surface area contributed by atoms with Gasteiger partial charge in [-0.05, 0) is 107 Å². The number of carbonyl (C=O) groups excluding carboxylic acids is 3. The lowest BCUT2D eigenvalue weighted by Crippen LogP contribution is -2.48. The molecule has 4 N–H and O–H groups in total. The van der Waals surface area contributed by atoms with E-state index in [1.54, 1.807) is 0 Å². The third-order valence-corrected chi connectivity index (χ3v) is 11.5. The summed E-state index contributed by atoms with van der Waals surface area (Å²) in [5, 5.41) is 11.2. The summed E-state index contributed by atoms with van der Waals surface area (Å²) >= 11 is 0. The first-order valence-corrected chi connectivity index (χ1v) is 21.0. The number of likely N-dealkylation sites (tertiary alicyclic amines) is 1. The zero-order chi connectivity index (χ0) is 39.3. The minimum Gasteiger partial charge on any atom is -0.477 e. The molecule has 2 amide bonds. The van der Waals surface area contributed by atoms with Crippen molar-refractivity contribution in [3.63, 3.8) is 0 Å². The van der Waals surface area contributed by atoms with Crippen molar-refractivity contribution in [2.45, 2.75) is 90.4 Å². The fraction of sp³-hybridized carbons (Fsp3) is 0.605. The van der Waals surface area contributed by atoms with Gasteiger partial charge >= 0.3 is 0 Å². The van der Waals surface area contributed by atoms with Gasteiger partial charge in [0.2, 0.25) is 17.7 Å². The van der Waals surface area contributed by atoms with Crippen LogP contribution in [0.1, 0.15) is 92.6 Å². The summed E-state index contributed by atoms with van der Waals surface area (Å²) in [5.74, 6) is 2.16. The molecule has 0 spiro atoms. The molecular weight excluding hydrogens is 707 g/mol. The number of aryl methyl sites for hydroxylation is 3. The van der Waals surface area contributed by atoms with Crippen LogP contribution in [0.5, 0.6) is 5.88 Å². The topological polar surface area (TPSA) is 151 Å². The molecule has 13 heteroatoms. The number of unbranched alkanes of at least 4 members (excludes halogenated alkanes) is 3. The SMILES string of the molecule is Cc1cc(C)n(-c2cc(C(CC=O)CN3CCC(COc4ccc5c(n4)NCCC5)C3)cc(N3CCN(C(=O)CCCC(=O)NCCCCCCN)CC3)c2)n1. The first-order chi connectivity index (χ1) is 27.3. The Labute approximate surface area is 332 Å². The Morgan fingerprint density at radius 1 is 1.00 bits per heavy atom. The maximum atomic E-state index is 13.1. The molecule has 1 aromatic carbocycles. The molecule has 3 aliphatic heterocycles. The number of piperazine rings is 1. The van der Waals surface area contributed by atoms with Gasteiger partial charge in [0.05, 0.1) is 18.0 Å². The number of aldehydes is 1. The number of hydrogen-bond acceptors (Lipinski definition) is 10. The molecule has 13 nitrogen and oxygen atoms in total. The molecule has 2 unspecified atom stereocenters. The molecule has 6 rings (SSSR count). The van der Waals surface area contributed by atoms with Crippen LogP contribution in [0.3, 0.4) is 0 Å². The number of anilines is 2. The largest absolute Gasteiger partial charge is 0.477 e. The molecule has 3 aliphatic rings. The van der Waals surface area contributed by atoms with E-state index in [0.29, 0.717) is 83.4 Å². The zero-order valence-corrected chi connectivity index (χ0v) is 33.6. The molecule has 2 fully saturated rings. The molecule has 56 heavy (non-hydrogen) atoms. The van der Waals surface area contributed by atoms with Gasteiger partial charge in [0.25, 0.3) is 0 Å². The summed E-state index contributed by atoms with van der Waals surface area (Å²) < 4.78 is 8.18. The lowest BCUT2D eigenvalue weighted by atomic mass is 9.94. The van der Waals surface area contributed by atoms with Crippen molar-refractivity contribution in [1.82, 2.24) is 29.9 Å². The highest BCUT2D eigenvalue weighted by Gasteiger charge is 2.28. The minimum absolute atomic E-state index is 0.0161. The van der Waals surface area contributed by atoms with E-state index >= 15 is 0 Å². The predicted molar refractivity (Wildman–Crippen MR) is 221 cm³/mol. The molecule has 0 aliphatic carbocycles. The van der Waals surface area contributed by atoms with Crippen molar-refractivity contribution in [3.05, 3.63) is 58.9 Å². The van der Waals surface area contributed by atoms with Gasteiger partial charge in [-0.15, -0.1) is 0 Å². The standard InChI is InChI=1S/C43H63N9O4/c1-32-25-33(2)52(48-32)39-27-37(36(15-24-53)30-49-19-14-34(29-49)31-56-41-13-12-35-9-8-18-46-43(35)47-41)26-38(28-39)50-20-22-51(23-21-50)42(55)11-7-10-40(54)45-17-6-4-3-5-16-44/h12-13,24-28,34,36H,3-11,14-23,29-31,44H2,1-2H3,(H,45,54)(H,46,47). The van der Waals surface area contributed by atoms with E-state index in [4.69, 9.17) is 20.6 Å². The first-order valence-electron chi connectivity index (χ1n) is 21.0. The van der Waals surface area contributed by atoms with Crippen molar-refractivity contribution in [2.75, 3.05) is 82.3 Å². The van der Waals surface area contributed by atoms with Crippen LogP contribution in [0.25, 0.3) is 5.69 Å². The lowest BCUT2D eigenvalue weighted by molar-refractivity contribution is -0.131. The molecule has 2 atom stereocenters. The Kier molecular flexibility index (Phi) is 15.1. The van der Waals surface area contributed by atoms with Crippen LogP contribution in [-0.2, 0) is 20.8 Å². The van der Waals surface area contributed by atoms with E-state index in [2.05, 4.69) is 57.7 Å². The van der Waals surface area contributed by atoms with Gasteiger partial charge < -0.3 is 40.6 Å². The summed E-state index contributed by atoms with van der Waals surface area (Å²) in [7, 11) is 0. The van der Waals surface area contributed by atoms with Crippen LogP contribution in [0.15, 0.2) is 36.4 Å². The number of nitrogens with two attached hydrogens (primary N) is 1. The smallest absolute Gasteiger partial charge is 0.222 e. The number of rotatable bonds is 20. The highest BCUT2D eigenvalue weighted by Crippen LogP contribution is 2.32.